The van der Waals surface area contributed by atoms with E-state index in [-0.39, 0.29) is 12.2 Å². The Morgan fingerprint density at radius 3 is 2.18 bits per heavy atom. The number of rotatable bonds is 7. The van der Waals surface area contributed by atoms with E-state index in [9.17, 15) is 9.59 Å². The van der Waals surface area contributed by atoms with Gasteiger partial charge in [0.25, 0.3) is 0 Å². The van der Waals surface area contributed by atoms with Crippen molar-refractivity contribution < 1.29 is 14.7 Å². The number of aliphatic carboxylic acids is 1. The largest absolute Gasteiger partial charge is 0.481 e. The van der Waals surface area contributed by atoms with Crippen LogP contribution in [0.1, 0.15) is 42.5 Å². The van der Waals surface area contributed by atoms with Crippen molar-refractivity contribution in [1.82, 2.24) is 0 Å². The molecule has 0 aliphatic carbocycles. The Bertz CT molecular complexity index is 384. The smallest absolute Gasteiger partial charge is 0.303 e. The summed E-state index contributed by atoms with van der Waals surface area (Å²) in [5, 5.41) is 8.46. The van der Waals surface area contributed by atoms with Crippen molar-refractivity contribution in [2.24, 2.45) is 0 Å². The van der Waals surface area contributed by atoms with Crippen LogP contribution in [0.15, 0.2) is 24.3 Å². The number of benzene rings is 1. The van der Waals surface area contributed by atoms with Crippen molar-refractivity contribution in [2.75, 3.05) is 0 Å². The van der Waals surface area contributed by atoms with Gasteiger partial charge >= 0.3 is 5.97 Å². The van der Waals surface area contributed by atoms with Gasteiger partial charge in [-0.15, -0.1) is 0 Å². The number of ketones is 1. The zero-order valence-electron chi connectivity index (χ0n) is 9.49. The van der Waals surface area contributed by atoms with Gasteiger partial charge < -0.3 is 5.11 Å². The Hall–Kier alpha value is -0.910. The highest BCUT2D eigenvalue weighted by molar-refractivity contribution is 14.1. The van der Waals surface area contributed by atoms with E-state index >= 15 is 0 Å². The van der Waals surface area contributed by atoms with Gasteiger partial charge in [0.1, 0.15) is 0 Å². The van der Waals surface area contributed by atoms with Gasteiger partial charge in [-0.25, -0.2) is 0 Å². The molecule has 92 valence electrons. The summed E-state index contributed by atoms with van der Waals surface area (Å²) in [5.74, 6) is -0.634. The predicted molar refractivity (Wildman–Crippen MR) is 74.2 cm³/mol. The molecule has 3 nitrogen and oxygen atoms in total. The molecule has 0 saturated carbocycles. The highest BCUT2D eigenvalue weighted by Gasteiger charge is 2.05. The second-order valence-corrected chi connectivity index (χ2v) is 5.13. The normalized spacial score (nSPS) is 10.2. The highest BCUT2D eigenvalue weighted by atomic mass is 127. The van der Waals surface area contributed by atoms with Crippen molar-refractivity contribution in [3.63, 3.8) is 0 Å². The third-order valence-electron chi connectivity index (χ3n) is 2.46. The standard InChI is InChI=1S/C13H15IO3/c14-11-8-6-10(7-9-11)12(15)4-2-1-3-5-13(16)17/h6-9H,1-5H2,(H,16,17). The average Bonchev–Trinajstić information content (AvgIpc) is 2.29. The van der Waals surface area contributed by atoms with E-state index in [1.807, 2.05) is 24.3 Å². The van der Waals surface area contributed by atoms with Crippen LogP contribution in [-0.2, 0) is 4.79 Å². The molecule has 0 saturated heterocycles. The number of Topliss-reactive ketones (excluding diaryl/α,β-unsaturated/α-hetero) is 1. The van der Waals surface area contributed by atoms with E-state index in [2.05, 4.69) is 22.6 Å². The van der Waals surface area contributed by atoms with Crippen molar-refractivity contribution in [2.45, 2.75) is 32.1 Å². The molecular weight excluding hydrogens is 331 g/mol. The summed E-state index contributed by atoms with van der Waals surface area (Å²) in [6, 6.07) is 7.50. The molecule has 1 aromatic rings. The Morgan fingerprint density at radius 1 is 1.00 bits per heavy atom. The van der Waals surface area contributed by atoms with E-state index in [0.29, 0.717) is 12.8 Å². The zero-order valence-corrected chi connectivity index (χ0v) is 11.6. The summed E-state index contributed by atoms with van der Waals surface area (Å²) in [6.45, 7) is 0. The molecule has 17 heavy (non-hydrogen) atoms. The van der Waals surface area contributed by atoms with E-state index < -0.39 is 5.97 Å². The van der Waals surface area contributed by atoms with Crippen LogP contribution in [0.3, 0.4) is 0 Å². The zero-order chi connectivity index (χ0) is 12.7. The van der Waals surface area contributed by atoms with Crippen LogP contribution in [0.4, 0.5) is 0 Å². The second-order valence-electron chi connectivity index (χ2n) is 3.88. The molecule has 0 amide bonds. The first-order valence-electron chi connectivity index (χ1n) is 5.60. The Labute approximate surface area is 114 Å². The lowest BCUT2D eigenvalue weighted by Gasteiger charge is -2.01. The minimum Gasteiger partial charge on any atom is -0.481 e. The Kier molecular flexibility index (Phi) is 6.18. The van der Waals surface area contributed by atoms with Crippen molar-refractivity contribution in [3.8, 4) is 0 Å². The summed E-state index contributed by atoms with van der Waals surface area (Å²) >= 11 is 2.20. The molecule has 0 aliphatic heterocycles. The number of halogens is 1. The molecule has 0 atom stereocenters. The quantitative estimate of drug-likeness (QED) is 0.467. The number of carbonyl (C=O) groups is 2. The van der Waals surface area contributed by atoms with Gasteiger partial charge in [-0.1, -0.05) is 18.6 Å². The topological polar surface area (TPSA) is 54.4 Å². The third-order valence-corrected chi connectivity index (χ3v) is 3.18. The maximum atomic E-state index is 11.7. The maximum Gasteiger partial charge on any atom is 0.303 e. The van der Waals surface area contributed by atoms with Gasteiger partial charge in [0.2, 0.25) is 0 Å². The van der Waals surface area contributed by atoms with Gasteiger partial charge in [0.05, 0.1) is 0 Å². The summed E-state index contributed by atoms with van der Waals surface area (Å²) in [6.07, 6.45) is 2.90. The Morgan fingerprint density at radius 2 is 1.59 bits per heavy atom. The van der Waals surface area contributed by atoms with E-state index in [1.165, 1.54) is 0 Å². The van der Waals surface area contributed by atoms with E-state index in [4.69, 9.17) is 5.11 Å². The minimum absolute atomic E-state index is 0.136. The van der Waals surface area contributed by atoms with E-state index in [0.717, 1.165) is 22.0 Å². The number of hydrogen-bond donors (Lipinski definition) is 1. The van der Waals surface area contributed by atoms with Gasteiger partial charge in [-0.05, 0) is 47.6 Å². The fraction of sp³-hybridized carbons (Fsp3) is 0.385. The molecule has 0 heterocycles. The first-order valence-corrected chi connectivity index (χ1v) is 6.68. The van der Waals surface area contributed by atoms with Gasteiger partial charge in [0.15, 0.2) is 5.78 Å². The highest BCUT2D eigenvalue weighted by Crippen LogP contribution is 2.11. The molecule has 1 N–H and O–H groups in total. The molecule has 0 spiro atoms. The van der Waals surface area contributed by atoms with Crippen molar-refractivity contribution in [1.29, 1.82) is 0 Å². The summed E-state index contributed by atoms with van der Waals surface area (Å²) in [7, 11) is 0. The van der Waals surface area contributed by atoms with Crippen LogP contribution < -0.4 is 0 Å². The average molecular weight is 346 g/mol. The molecule has 0 radical (unpaired) electrons. The van der Waals surface area contributed by atoms with E-state index in [1.54, 1.807) is 0 Å². The van der Waals surface area contributed by atoms with Crippen LogP contribution in [0.5, 0.6) is 0 Å². The van der Waals surface area contributed by atoms with Crippen molar-refractivity contribution in [3.05, 3.63) is 33.4 Å². The number of carboxylic acids is 1. The fourth-order valence-corrected chi connectivity index (χ4v) is 1.88. The van der Waals surface area contributed by atoms with Crippen LogP contribution >= 0.6 is 22.6 Å². The fourth-order valence-electron chi connectivity index (χ4n) is 1.52. The van der Waals surface area contributed by atoms with Crippen LogP contribution in [-0.4, -0.2) is 16.9 Å². The molecule has 0 fully saturated rings. The molecule has 1 rings (SSSR count). The molecule has 0 unspecified atom stereocenters. The van der Waals surface area contributed by atoms with Crippen LogP contribution in [0, 0.1) is 3.57 Å². The lowest BCUT2D eigenvalue weighted by atomic mass is 10.0. The number of unbranched alkanes of at least 4 members (excludes halogenated alkanes) is 2. The van der Waals surface area contributed by atoms with Crippen LogP contribution in [0.2, 0.25) is 0 Å². The molecule has 4 heteroatoms. The second kappa shape index (κ2) is 7.42. The lowest BCUT2D eigenvalue weighted by Crippen LogP contribution is -1.99. The van der Waals surface area contributed by atoms with Gasteiger partial charge in [-0.3, -0.25) is 9.59 Å². The molecule has 1 aromatic carbocycles. The third kappa shape index (κ3) is 5.81. The predicted octanol–water partition coefficient (Wildman–Crippen LogP) is 3.51. The first-order chi connectivity index (χ1) is 8.09. The molecule has 0 aromatic heterocycles. The number of carboxylic acid groups (broad SMARTS) is 1. The lowest BCUT2D eigenvalue weighted by molar-refractivity contribution is -0.137. The summed E-state index contributed by atoms with van der Waals surface area (Å²) in [4.78, 5) is 22.0. The summed E-state index contributed by atoms with van der Waals surface area (Å²) in [5.41, 5.74) is 0.739. The number of hydrogen-bond acceptors (Lipinski definition) is 2. The summed E-state index contributed by atoms with van der Waals surface area (Å²) < 4.78 is 1.11. The van der Waals surface area contributed by atoms with Crippen LogP contribution in [0.25, 0.3) is 0 Å². The molecule has 0 aliphatic rings. The number of carbonyl (C=O) groups excluding carboxylic acids is 1. The van der Waals surface area contributed by atoms with Gasteiger partial charge in [-0.2, -0.15) is 0 Å². The SMILES string of the molecule is O=C(O)CCCCCC(=O)c1ccc(I)cc1. The molecular formula is C13H15IO3. The minimum atomic E-state index is -0.769. The maximum absolute atomic E-state index is 11.7. The van der Waals surface area contributed by atoms with Gasteiger partial charge in [0, 0.05) is 22.0 Å². The monoisotopic (exact) mass is 346 g/mol. The van der Waals surface area contributed by atoms with Crippen molar-refractivity contribution >= 4 is 34.3 Å². The first kappa shape index (κ1) is 14.2. The Balaban J connectivity index is 2.25. The molecule has 0 bridgehead atoms.